The van der Waals surface area contributed by atoms with E-state index >= 15 is 0 Å². The Labute approximate surface area is 128 Å². The molecule has 2 rings (SSSR count). The van der Waals surface area contributed by atoms with Gasteiger partial charge >= 0.3 is 0 Å². The number of ether oxygens (including phenoxy) is 1. The standard InChI is InChI=1S/C16H16FNO2S/c17-13-4-1-3-12(9-13)11-20-15-6-2-5-14(10-15)18-16(19)7-8-21/h1-6,9-10,21H,7-8,11H2,(H,18,19). The summed E-state index contributed by atoms with van der Waals surface area (Å²) in [5, 5.41) is 2.76. The first-order valence-electron chi connectivity index (χ1n) is 6.55. The maximum Gasteiger partial charge on any atom is 0.225 e. The van der Waals surface area contributed by atoms with Gasteiger partial charge in [-0.25, -0.2) is 4.39 Å². The number of benzene rings is 2. The molecule has 0 aliphatic heterocycles. The molecule has 0 aliphatic rings. The van der Waals surface area contributed by atoms with Gasteiger partial charge in [-0.3, -0.25) is 4.79 Å². The Balaban J connectivity index is 1.96. The monoisotopic (exact) mass is 305 g/mol. The molecule has 0 atom stereocenters. The van der Waals surface area contributed by atoms with Crippen LogP contribution in [0.5, 0.6) is 5.75 Å². The van der Waals surface area contributed by atoms with Crippen LogP contribution in [0.2, 0.25) is 0 Å². The van der Waals surface area contributed by atoms with Crippen molar-refractivity contribution >= 4 is 24.2 Å². The van der Waals surface area contributed by atoms with Crippen LogP contribution in [0.15, 0.2) is 48.5 Å². The van der Waals surface area contributed by atoms with E-state index in [1.807, 2.05) is 0 Å². The number of halogens is 1. The van der Waals surface area contributed by atoms with Gasteiger partial charge < -0.3 is 10.1 Å². The number of hydrogen-bond acceptors (Lipinski definition) is 3. The zero-order chi connectivity index (χ0) is 15.1. The average molecular weight is 305 g/mol. The smallest absolute Gasteiger partial charge is 0.225 e. The third-order valence-corrected chi connectivity index (χ3v) is 2.97. The van der Waals surface area contributed by atoms with E-state index in [-0.39, 0.29) is 18.3 Å². The van der Waals surface area contributed by atoms with Crippen LogP contribution < -0.4 is 10.1 Å². The predicted octanol–water partition coefficient (Wildman–Crippen LogP) is 3.66. The topological polar surface area (TPSA) is 38.3 Å². The van der Waals surface area contributed by atoms with E-state index < -0.39 is 0 Å². The van der Waals surface area contributed by atoms with Crippen LogP contribution in [0.1, 0.15) is 12.0 Å². The summed E-state index contributed by atoms with van der Waals surface area (Å²) in [5.74, 6) is 0.737. The lowest BCUT2D eigenvalue weighted by Gasteiger charge is -2.09. The molecule has 0 heterocycles. The predicted molar refractivity (Wildman–Crippen MR) is 84.3 cm³/mol. The minimum absolute atomic E-state index is 0.0905. The number of hydrogen-bond donors (Lipinski definition) is 2. The average Bonchev–Trinajstić information content (AvgIpc) is 2.46. The SMILES string of the molecule is O=C(CCS)Nc1cccc(OCc2cccc(F)c2)c1. The van der Waals surface area contributed by atoms with Crippen molar-refractivity contribution in [2.24, 2.45) is 0 Å². The molecule has 0 fully saturated rings. The molecule has 3 nitrogen and oxygen atoms in total. The van der Waals surface area contributed by atoms with Crippen molar-refractivity contribution in [2.75, 3.05) is 11.1 Å². The van der Waals surface area contributed by atoms with Crippen LogP contribution in [-0.2, 0) is 11.4 Å². The number of carbonyl (C=O) groups excluding carboxylic acids is 1. The van der Waals surface area contributed by atoms with Gasteiger partial charge in [0, 0.05) is 18.2 Å². The molecule has 0 spiro atoms. The van der Waals surface area contributed by atoms with Crippen LogP contribution >= 0.6 is 12.6 Å². The van der Waals surface area contributed by atoms with E-state index in [9.17, 15) is 9.18 Å². The van der Waals surface area contributed by atoms with E-state index in [0.717, 1.165) is 5.56 Å². The molecule has 0 aliphatic carbocycles. The van der Waals surface area contributed by atoms with Crippen molar-refractivity contribution in [3.05, 3.63) is 59.9 Å². The van der Waals surface area contributed by atoms with Crippen LogP contribution in [0.3, 0.4) is 0 Å². The Kier molecular flexibility index (Phi) is 5.63. The normalized spacial score (nSPS) is 10.2. The van der Waals surface area contributed by atoms with Gasteiger partial charge in [-0.2, -0.15) is 12.6 Å². The molecule has 0 unspecified atom stereocenters. The summed E-state index contributed by atoms with van der Waals surface area (Å²) < 4.78 is 18.7. The molecule has 0 aromatic heterocycles. The first-order valence-corrected chi connectivity index (χ1v) is 7.18. The second-order valence-corrected chi connectivity index (χ2v) is 4.92. The van der Waals surface area contributed by atoms with Crippen LogP contribution in [0.25, 0.3) is 0 Å². The van der Waals surface area contributed by atoms with E-state index in [1.54, 1.807) is 36.4 Å². The third-order valence-electron chi connectivity index (χ3n) is 2.75. The van der Waals surface area contributed by atoms with Crippen molar-refractivity contribution in [1.82, 2.24) is 0 Å². The molecule has 21 heavy (non-hydrogen) atoms. The summed E-state index contributed by atoms with van der Waals surface area (Å²) in [7, 11) is 0. The van der Waals surface area contributed by atoms with Gasteiger partial charge in [0.2, 0.25) is 5.91 Å². The molecule has 0 radical (unpaired) electrons. The molecular formula is C16H16FNO2S. The van der Waals surface area contributed by atoms with Gasteiger partial charge in [0.15, 0.2) is 0 Å². The fourth-order valence-electron chi connectivity index (χ4n) is 1.78. The van der Waals surface area contributed by atoms with Crippen molar-refractivity contribution < 1.29 is 13.9 Å². The number of anilines is 1. The van der Waals surface area contributed by atoms with Gasteiger partial charge in [-0.15, -0.1) is 0 Å². The highest BCUT2D eigenvalue weighted by Gasteiger charge is 2.03. The molecular weight excluding hydrogens is 289 g/mol. The van der Waals surface area contributed by atoms with Crippen molar-refractivity contribution in [2.45, 2.75) is 13.0 Å². The van der Waals surface area contributed by atoms with Gasteiger partial charge in [0.1, 0.15) is 18.2 Å². The molecule has 2 aromatic carbocycles. The summed E-state index contributed by atoms with van der Waals surface area (Å²) in [6, 6.07) is 13.3. The minimum Gasteiger partial charge on any atom is -0.489 e. The fraction of sp³-hybridized carbons (Fsp3) is 0.188. The van der Waals surface area contributed by atoms with E-state index in [1.165, 1.54) is 12.1 Å². The van der Waals surface area contributed by atoms with Crippen LogP contribution in [0.4, 0.5) is 10.1 Å². The second-order valence-electron chi connectivity index (χ2n) is 4.47. The highest BCUT2D eigenvalue weighted by Crippen LogP contribution is 2.19. The number of thiol groups is 1. The summed E-state index contributed by atoms with van der Waals surface area (Å²) in [5.41, 5.74) is 1.41. The molecule has 0 saturated carbocycles. The van der Waals surface area contributed by atoms with E-state index in [0.29, 0.717) is 23.6 Å². The van der Waals surface area contributed by atoms with Gasteiger partial charge in [0.25, 0.3) is 0 Å². The first kappa shape index (κ1) is 15.4. The second kappa shape index (κ2) is 7.69. The molecule has 1 amide bonds. The van der Waals surface area contributed by atoms with Crippen molar-refractivity contribution in [3.63, 3.8) is 0 Å². The molecule has 1 N–H and O–H groups in total. The molecule has 2 aromatic rings. The van der Waals surface area contributed by atoms with Crippen molar-refractivity contribution in [1.29, 1.82) is 0 Å². The zero-order valence-electron chi connectivity index (χ0n) is 11.4. The Bertz CT molecular complexity index is 619. The lowest BCUT2D eigenvalue weighted by molar-refractivity contribution is -0.115. The highest BCUT2D eigenvalue weighted by atomic mass is 32.1. The third kappa shape index (κ3) is 5.11. The summed E-state index contributed by atoms with van der Waals surface area (Å²) >= 11 is 4.01. The molecule has 0 saturated heterocycles. The highest BCUT2D eigenvalue weighted by molar-refractivity contribution is 7.80. The number of amides is 1. The lowest BCUT2D eigenvalue weighted by Crippen LogP contribution is -2.11. The van der Waals surface area contributed by atoms with E-state index in [4.69, 9.17) is 4.74 Å². The maximum atomic E-state index is 13.1. The zero-order valence-corrected chi connectivity index (χ0v) is 12.3. The van der Waals surface area contributed by atoms with Crippen LogP contribution in [-0.4, -0.2) is 11.7 Å². The molecule has 110 valence electrons. The quantitative estimate of drug-likeness (QED) is 0.799. The maximum absolute atomic E-state index is 13.1. The van der Waals surface area contributed by atoms with Gasteiger partial charge in [-0.1, -0.05) is 18.2 Å². The number of rotatable bonds is 6. The van der Waals surface area contributed by atoms with Crippen LogP contribution in [0, 0.1) is 5.82 Å². The summed E-state index contributed by atoms with van der Waals surface area (Å²) in [4.78, 5) is 11.5. The number of nitrogens with one attached hydrogen (secondary N) is 1. The number of carbonyl (C=O) groups is 1. The Hall–Kier alpha value is -2.01. The lowest BCUT2D eigenvalue weighted by atomic mass is 10.2. The first-order chi connectivity index (χ1) is 10.2. The van der Waals surface area contributed by atoms with Gasteiger partial charge in [0.05, 0.1) is 0 Å². The summed E-state index contributed by atoms with van der Waals surface area (Å²) in [6.45, 7) is 0.270. The Morgan fingerprint density at radius 1 is 1.19 bits per heavy atom. The fourth-order valence-corrected chi connectivity index (χ4v) is 1.99. The minimum atomic E-state index is -0.288. The van der Waals surface area contributed by atoms with Crippen molar-refractivity contribution in [3.8, 4) is 5.75 Å². The van der Waals surface area contributed by atoms with E-state index in [2.05, 4.69) is 17.9 Å². The molecule has 0 bridgehead atoms. The Morgan fingerprint density at radius 2 is 2.00 bits per heavy atom. The molecule has 5 heteroatoms. The largest absolute Gasteiger partial charge is 0.489 e. The summed E-state index contributed by atoms with van der Waals surface area (Å²) in [6.07, 6.45) is 0.359. The Morgan fingerprint density at radius 3 is 2.76 bits per heavy atom. The van der Waals surface area contributed by atoms with Gasteiger partial charge in [-0.05, 0) is 35.6 Å².